The van der Waals surface area contributed by atoms with Crippen molar-refractivity contribution in [1.29, 1.82) is 0 Å². The third kappa shape index (κ3) is 6.55. The minimum atomic E-state index is -0.321. The van der Waals surface area contributed by atoms with Gasteiger partial charge in [0.15, 0.2) is 0 Å². The van der Waals surface area contributed by atoms with Gasteiger partial charge in [-0.1, -0.05) is 33.1 Å². The average Bonchev–Trinajstić information content (AvgIpc) is 2.71. The van der Waals surface area contributed by atoms with E-state index in [0.717, 1.165) is 25.7 Å². The maximum Gasteiger partial charge on any atom is 0.243 e. The van der Waals surface area contributed by atoms with Crippen LogP contribution >= 0.6 is 0 Å². The highest BCUT2D eigenvalue weighted by Gasteiger charge is 2.28. The standard InChI is InChI=1S/C21H31N3O4/c1-15(2)21(27)24(17-7-5-4-6-8-17)14-20(26)22-13-19(25)23-16-9-11-18(28-3)12-10-16/h9-12,15,17H,4-8,13-14H2,1-3H3,(H,22,26)(H,23,25). The molecule has 28 heavy (non-hydrogen) atoms. The Kier molecular flexibility index (Phi) is 8.29. The second-order valence-electron chi connectivity index (χ2n) is 7.47. The second-order valence-corrected chi connectivity index (χ2v) is 7.47. The summed E-state index contributed by atoms with van der Waals surface area (Å²) in [5, 5.41) is 5.34. The van der Waals surface area contributed by atoms with E-state index >= 15 is 0 Å². The van der Waals surface area contributed by atoms with Gasteiger partial charge in [-0.2, -0.15) is 0 Å². The topological polar surface area (TPSA) is 87.7 Å². The van der Waals surface area contributed by atoms with Crippen LogP contribution in [0, 0.1) is 5.92 Å². The third-order valence-corrected chi connectivity index (χ3v) is 4.93. The lowest BCUT2D eigenvalue weighted by molar-refractivity contribution is -0.141. The highest BCUT2D eigenvalue weighted by molar-refractivity contribution is 5.95. The molecular weight excluding hydrogens is 358 g/mol. The minimum absolute atomic E-state index is 0.00248. The van der Waals surface area contributed by atoms with E-state index in [-0.39, 0.29) is 42.8 Å². The van der Waals surface area contributed by atoms with Gasteiger partial charge in [-0.25, -0.2) is 0 Å². The van der Waals surface area contributed by atoms with Gasteiger partial charge in [0, 0.05) is 17.6 Å². The lowest BCUT2D eigenvalue weighted by Crippen LogP contribution is -2.49. The van der Waals surface area contributed by atoms with E-state index in [9.17, 15) is 14.4 Å². The zero-order valence-electron chi connectivity index (χ0n) is 17.0. The smallest absolute Gasteiger partial charge is 0.243 e. The van der Waals surface area contributed by atoms with Crippen molar-refractivity contribution < 1.29 is 19.1 Å². The van der Waals surface area contributed by atoms with Crippen LogP contribution in [0.1, 0.15) is 46.0 Å². The highest BCUT2D eigenvalue weighted by atomic mass is 16.5. The van der Waals surface area contributed by atoms with E-state index < -0.39 is 0 Å². The van der Waals surface area contributed by atoms with Gasteiger partial charge in [0.1, 0.15) is 5.75 Å². The highest BCUT2D eigenvalue weighted by Crippen LogP contribution is 2.23. The van der Waals surface area contributed by atoms with Crippen molar-refractivity contribution in [2.24, 2.45) is 5.92 Å². The number of benzene rings is 1. The first-order valence-electron chi connectivity index (χ1n) is 9.91. The van der Waals surface area contributed by atoms with Gasteiger partial charge < -0.3 is 20.3 Å². The van der Waals surface area contributed by atoms with Crippen LogP contribution in [0.4, 0.5) is 5.69 Å². The van der Waals surface area contributed by atoms with Crippen molar-refractivity contribution in [2.45, 2.75) is 52.0 Å². The van der Waals surface area contributed by atoms with Crippen LogP contribution in [0.5, 0.6) is 5.75 Å². The summed E-state index contributed by atoms with van der Waals surface area (Å²) in [4.78, 5) is 38.7. The van der Waals surface area contributed by atoms with Crippen LogP contribution in [0.3, 0.4) is 0 Å². The summed E-state index contributed by atoms with van der Waals surface area (Å²) in [6, 6.07) is 7.05. The molecule has 0 unspecified atom stereocenters. The predicted octanol–water partition coefficient (Wildman–Crippen LogP) is 2.57. The molecule has 0 saturated heterocycles. The minimum Gasteiger partial charge on any atom is -0.497 e. The van der Waals surface area contributed by atoms with E-state index in [1.807, 2.05) is 13.8 Å². The Balaban J connectivity index is 1.85. The molecule has 0 radical (unpaired) electrons. The molecule has 0 spiro atoms. The fraction of sp³-hybridized carbons (Fsp3) is 0.571. The number of anilines is 1. The van der Waals surface area contributed by atoms with Crippen LogP contribution in [0.25, 0.3) is 0 Å². The van der Waals surface area contributed by atoms with Crippen molar-refractivity contribution in [3.63, 3.8) is 0 Å². The van der Waals surface area contributed by atoms with E-state index in [4.69, 9.17) is 4.74 Å². The Morgan fingerprint density at radius 1 is 1.07 bits per heavy atom. The molecule has 0 bridgehead atoms. The van der Waals surface area contributed by atoms with Gasteiger partial charge in [0.05, 0.1) is 20.2 Å². The van der Waals surface area contributed by atoms with Crippen molar-refractivity contribution in [1.82, 2.24) is 10.2 Å². The SMILES string of the molecule is COc1ccc(NC(=O)CNC(=O)CN(C(=O)C(C)C)C2CCCCC2)cc1. The van der Waals surface area contributed by atoms with Crippen LogP contribution in [-0.2, 0) is 14.4 Å². The van der Waals surface area contributed by atoms with Gasteiger partial charge in [-0.15, -0.1) is 0 Å². The Bertz CT molecular complexity index is 667. The number of rotatable bonds is 8. The molecule has 7 heteroatoms. The maximum absolute atomic E-state index is 12.6. The zero-order chi connectivity index (χ0) is 20.5. The van der Waals surface area contributed by atoms with Gasteiger partial charge in [-0.05, 0) is 37.1 Å². The first-order valence-corrected chi connectivity index (χ1v) is 9.91. The molecule has 1 fully saturated rings. The van der Waals surface area contributed by atoms with Crippen LogP contribution in [0.2, 0.25) is 0 Å². The normalized spacial score (nSPS) is 14.4. The number of nitrogens with one attached hydrogen (secondary N) is 2. The number of carbonyl (C=O) groups excluding carboxylic acids is 3. The Morgan fingerprint density at radius 3 is 2.29 bits per heavy atom. The third-order valence-electron chi connectivity index (χ3n) is 4.93. The van der Waals surface area contributed by atoms with E-state index in [0.29, 0.717) is 11.4 Å². The van der Waals surface area contributed by atoms with Crippen molar-refractivity contribution in [3.8, 4) is 5.75 Å². The zero-order valence-corrected chi connectivity index (χ0v) is 17.0. The van der Waals surface area contributed by atoms with Crippen molar-refractivity contribution in [2.75, 3.05) is 25.5 Å². The summed E-state index contributed by atoms with van der Waals surface area (Å²) in [6.45, 7) is 3.55. The Morgan fingerprint density at radius 2 is 1.71 bits per heavy atom. The van der Waals surface area contributed by atoms with Gasteiger partial charge in [0.25, 0.3) is 0 Å². The van der Waals surface area contributed by atoms with E-state index in [1.54, 1.807) is 36.3 Å². The molecule has 154 valence electrons. The number of carbonyl (C=O) groups is 3. The summed E-state index contributed by atoms with van der Waals surface area (Å²) in [5.74, 6) is -0.107. The summed E-state index contributed by atoms with van der Waals surface area (Å²) >= 11 is 0. The average molecular weight is 389 g/mol. The first-order chi connectivity index (χ1) is 13.4. The van der Waals surface area contributed by atoms with Crippen LogP contribution in [-0.4, -0.2) is 48.9 Å². The summed E-state index contributed by atoms with van der Waals surface area (Å²) in [5.41, 5.74) is 0.624. The maximum atomic E-state index is 12.6. The summed E-state index contributed by atoms with van der Waals surface area (Å²) in [7, 11) is 1.57. The molecular formula is C21H31N3O4. The number of methoxy groups -OCH3 is 1. The number of amides is 3. The monoisotopic (exact) mass is 389 g/mol. The van der Waals surface area contributed by atoms with Gasteiger partial charge in [-0.3, -0.25) is 14.4 Å². The molecule has 0 aliphatic heterocycles. The van der Waals surface area contributed by atoms with Crippen molar-refractivity contribution >= 4 is 23.4 Å². The van der Waals surface area contributed by atoms with Gasteiger partial charge in [0.2, 0.25) is 17.7 Å². The largest absolute Gasteiger partial charge is 0.497 e. The molecule has 2 N–H and O–H groups in total. The molecule has 1 saturated carbocycles. The fourth-order valence-corrected chi connectivity index (χ4v) is 3.38. The van der Waals surface area contributed by atoms with E-state index in [2.05, 4.69) is 10.6 Å². The van der Waals surface area contributed by atoms with Crippen molar-refractivity contribution in [3.05, 3.63) is 24.3 Å². The lowest BCUT2D eigenvalue weighted by Gasteiger charge is -2.35. The quantitative estimate of drug-likeness (QED) is 0.715. The molecule has 2 rings (SSSR count). The number of nitrogens with zero attached hydrogens (tertiary/aromatic N) is 1. The molecule has 1 aliphatic carbocycles. The Hall–Kier alpha value is -2.57. The number of hydrogen-bond acceptors (Lipinski definition) is 4. The molecule has 7 nitrogen and oxygen atoms in total. The Labute approximate surface area is 166 Å². The first kappa shape index (κ1) is 21.7. The predicted molar refractivity (Wildman–Crippen MR) is 108 cm³/mol. The number of ether oxygens (including phenoxy) is 1. The van der Waals surface area contributed by atoms with Gasteiger partial charge >= 0.3 is 0 Å². The molecule has 0 aromatic heterocycles. The van der Waals surface area contributed by atoms with Crippen LogP contribution in [0.15, 0.2) is 24.3 Å². The van der Waals surface area contributed by atoms with Crippen LogP contribution < -0.4 is 15.4 Å². The fourth-order valence-electron chi connectivity index (χ4n) is 3.38. The lowest BCUT2D eigenvalue weighted by atomic mass is 9.93. The van der Waals surface area contributed by atoms with E-state index in [1.165, 1.54) is 6.42 Å². The molecule has 1 aromatic rings. The molecule has 1 aromatic carbocycles. The molecule has 1 aliphatic rings. The second kappa shape index (κ2) is 10.7. The molecule has 0 heterocycles. The molecule has 3 amide bonds. The summed E-state index contributed by atoms with van der Waals surface area (Å²) in [6.07, 6.45) is 5.21. The molecule has 0 atom stereocenters. The number of hydrogen-bond donors (Lipinski definition) is 2. The summed E-state index contributed by atoms with van der Waals surface area (Å²) < 4.78 is 5.07.